The average molecular weight is 98.0 g/mol. The molecule has 5 heavy (non-hydrogen) atoms. The summed E-state index contributed by atoms with van der Waals surface area (Å²) in [6.07, 6.45) is 0. The predicted octanol–water partition coefficient (Wildman–Crippen LogP) is -0.657. The van der Waals surface area contributed by atoms with Gasteiger partial charge in [0.2, 0.25) is 0 Å². The van der Waals surface area contributed by atoms with E-state index in [-0.39, 0.29) is 0 Å². The fraction of sp³-hybridized carbons (Fsp3) is 0. The van der Waals surface area contributed by atoms with Crippen molar-refractivity contribution in [1.29, 1.82) is 0 Å². The summed E-state index contributed by atoms with van der Waals surface area (Å²) in [5.74, 6) is 0. The molecular weight excluding hydrogens is 95.0 g/mol. The minimum absolute atomic E-state index is 3.36. The Morgan fingerprint density at radius 1 is 1.20 bits per heavy atom. The van der Waals surface area contributed by atoms with Gasteiger partial charge in [0.1, 0.15) is 0 Å². The number of hydrogen-bond acceptors (Lipinski definition) is 4. The van der Waals surface area contributed by atoms with Crippen molar-refractivity contribution in [3.8, 4) is 0 Å². The van der Waals surface area contributed by atoms with Gasteiger partial charge >= 0.3 is 27.3 Å². The van der Waals surface area contributed by atoms with Crippen LogP contribution in [0.5, 0.6) is 0 Å². The van der Waals surface area contributed by atoms with Crippen LogP contribution in [0.2, 0.25) is 0 Å². The van der Waals surface area contributed by atoms with Gasteiger partial charge in [0, 0.05) is 0 Å². The van der Waals surface area contributed by atoms with Crippen LogP contribution in [0, 0.1) is 0 Å². The first kappa shape index (κ1) is 3.46. The van der Waals surface area contributed by atoms with Gasteiger partial charge in [-0.3, -0.25) is 0 Å². The molecule has 1 fully saturated rings. The van der Waals surface area contributed by atoms with E-state index in [0.717, 1.165) is 0 Å². The van der Waals surface area contributed by atoms with Crippen molar-refractivity contribution in [2.45, 2.75) is 0 Å². The average Bonchev–Trinajstić information content (AvgIpc) is 1.76. The molecule has 0 aromatic rings. The molecule has 2 N–H and O–H groups in total. The van der Waals surface area contributed by atoms with E-state index < -0.39 is 8.17 Å². The van der Waals surface area contributed by atoms with Crippen LogP contribution in [0.4, 0.5) is 0 Å². The quantitative estimate of drug-likeness (QED) is 0.240. The molecule has 0 aliphatic carbocycles. The minimum atomic E-state index is -3.36. The van der Waals surface area contributed by atoms with Crippen LogP contribution in [0.25, 0.3) is 0 Å². The molecule has 0 atom stereocenters. The molecule has 0 amide bonds. The molecule has 4 nitrogen and oxygen atoms in total. The molecule has 0 saturated carbocycles. The van der Waals surface area contributed by atoms with Crippen LogP contribution in [0.15, 0.2) is 0 Å². The van der Waals surface area contributed by atoms with E-state index in [1.165, 1.54) is 0 Å². The van der Waals surface area contributed by atoms with E-state index in [2.05, 4.69) is 9.35 Å². The first-order valence-electron chi connectivity index (χ1n) is 1.02. The zero-order valence-corrected chi connectivity index (χ0v) is 3.21. The summed E-state index contributed by atoms with van der Waals surface area (Å²) in [7, 11) is -3.36. The van der Waals surface area contributed by atoms with Gasteiger partial charge in [0.25, 0.3) is 0 Å². The molecular formula is H3O4P. The van der Waals surface area contributed by atoms with Crippen molar-refractivity contribution < 1.29 is 19.1 Å². The summed E-state index contributed by atoms with van der Waals surface area (Å²) in [5, 5.41) is 0. The normalized spacial score (nSPS) is 36.4. The predicted molar refractivity (Wildman–Crippen MR) is 14.9 cm³/mol. The summed E-state index contributed by atoms with van der Waals surface area (Å²) in [4.78, 5) is 15.8. The fourth-order valence-electron chi connectivity index (χ4n) is 0.0373. The van der Waals surface area contributed by atoms with Crippen LogP contribution in [0.1, 0.15) is 0 Å². The first-order chi connectivity index (χ1) is 2.21. The van der Waals surface area contributed by atoms with E-state index >= 15 is 0 Å². The Kier molecular flexibility index (Phi) is 0.462. The summed E-state index contributed by atoms with van der Waals surface area (Å²) in [6.45, 7) is 0. The van der Waals surface area contributed by atoms with Crippen molar-refractivity contribution in [1.82, 2.24) is 0 Å². The van der Waals surface area contributed by atoms with Gasteiger partial charge in [-0.25, -0.2) is 0 Å². The van der Waals surface area contributed by atoms with Crippen molar-refractivity contribution in [2.24, 2.45) is 0 Å². The van der Waals surface area contributed by atoms with Crippen molar-refractivity contribution in [3.63, 3.8) is 0 Å². The monoisotopic (exact) mass is 98.0 g/mol. The molecule has 0 aromatic carbocycles. The molecule has 1 rings (SSSR count). The Labute approximate surface area is 28.5 Å². The van der Waals surface area contributed by atoms with E-state index in [0.29, 0.717) is 0 Å². The van der Waals surface area contributed by atoms with Crippen LogP contribution in [-0.4, -0.2) is 9.79 Å². The van der Waals surface area contributed by atoms with Crippen molar-refractivity contribution in [2.75, 3.05) is 0 Å². The zero-order valence-electron chi connectivity index (χ0n) is 2.21. The van der Waals surface area contributed by atoms with Crippen LogP contribution in [0.3, 0.4) is 0 Å². The third-order valence-corrected chi connectivity index (χ3v) is 0.697. The van der Waals surface area contributed by atoms with E-state index in [4.69, 9.17) is 9.79 Å². The molecule has 1 saturated heterocycles. The Hall–Kier alpha value is 0.270. The summed E-state index contributed by atoms with van der Waals surface area (Å²) in [6, 6.07) is 0. The third kappa shape index (κ3) is 0.792. The molecule has 1 aliphatic rings. The van der Waals surface area contributed by atoms with Gasteiger partial charge in [0.05, 0.1) is 0 Å². The van der Waals surface area contributed by atoms with Gasteiger partial charge in [-0.15, -0.1) is 0 Å². The van der Waals surface area contributed by atoms with Crippen molar-refractivity contribution in [3.05, 3.63) is 0 Å². The molecule has 32 valence electrons. The van der Waals surface area contributed by atoms with E-state index in [1.54, 1.807) is 0 Å². The molecule has 0 bridgehead atoms. The Morgan fingerprint density at radius 2 is 1.40 bits per heavy atom. The molecule has 5 heteroatoms. The topological polar surface area (TPSA) is 65.5 Å². The Balaban J connectivity index is 2.38. The standard InChI is InChI=1S/H3O4P/c1-5(2)3-4-5/h1-2,5H. The second kappa shape index (κ2) is 0.668. The fourth-order valence-corrected chi connectivity index (χ4v) is 0.335. The van der Waals surface area contributed by atoms with Crippen LogP contribution >= 0.6 is 8.17 Å². The number of rotatable bonds is 0. The van der Waals surface area contributed by atoms with Gasteiger partial charge < -0.3 is 0 Å². The molecule has 0 spiro atoms. The van der Waals surface area contributed by atoms with Gasteiger partial charge in [-0.1, -0.05) is 0 Å². The summed E-state index contributed by atoms with van der Waals surface area (Å²) >= 11 is 0. The molecule has 0 unspecified atom stereocenters. The Morgan fingerprint density at radius 3 is 1.40 bits per heavy atom. The second-order valence-corrected chi connectivity index (χ2v) is 2.15. The van der Waals surface area contributed by atoms with E-state index in [1.807, 2.05) is 0 Å². The third-order valence-electron chi connectivity index (χ3n) is 0.232. The summed E-state index contributed by atoms with van der Waals surface area (Å²) in [5.41, 5.74) is 0. The Bertz CT molecular complexity index is 41.6. The molecule has 0 radical (unpaired) electrons. The van der Waals surface area contributed by atoms with Gasteiger partial charge in [-0.05, 0) is 0 Å². The molecule has 0 aromatic heterocycles. The van der Waals surface area contributed by atoms with E-state index in [9.17, 15) is 0 Å². The van der Waals surface area contributed by atoms with Gasteiger partial charge in [0.15, 0.2) is 0 Å². The van der Waals surface area contributed by atoms with Crippen LogP contribution < -0.4 is 0 Å². The maximum atomic E-state index is 7.88. The molecule has 1 heterocycles. The SMILES string of the molecule is O[PH]1(O)OO1. The first-order valence-corrected chi connectivity index (χ1v) is 2.73. The zero-order chi connectivity index (χ0) is 3.91. The van der Waals surface area contributed by atoms with Crippen molar-refractivity contribution >= 4 is 8.17 Å². The van der Waals surface area contributed by atoms with Crippen LogP contribution in [-0.2, 0) is 9.35 Å². The summed E-state index contributed by atoms with van der Waals surface area (Å²) < 4.78 is 7.29. The maximum absolute atomic E-state index is 7.88. The van der Waals surface area contributed by atoms with Gasteiger partial charge in [-0.2, -0.15) is 0 Å². The molecule has 1 aliphatic heterocycles. The number of hydrogen-bond donors (Lipinski definition) is 2. The second-order valence-electron chi connectivity index (χ2n) is 0.715.